The van der Waals surface area contributed by atoms with Gasteiger partial charge in [0.05, 0.1) is 23.6 Å². The fourth-order valence-corrected chi connectivity index (χ4v) is 3.94. The van der Waals surface area contributed by atoms with Crippen molar-refractivity contribution in [1.82, 2.24) is 5.32 Å². The van der Waals surface area contributed by atoms with Crippen molar-refractivity contribution in [1.29, 1.82) is 5.26 Å². The van der Waals surface area contributed by atoms with Crippen molar-refractivity contribution in [2.45, 2.75) is 24.2 Å². The van der Waals surface area contributed by atoms with E-state index in [2.05, 4.69) is 11.4 Å². The molecule has 2 aromatic carbocycles. The Morgan fingerprint density at radius 1 is 1.30 bits per heavy atom. The monoisotopic (exact) mass is 384 g/mol. The van der Waals surface area contributed by atoms with Gasteiger partial charge in [0.15, 0.2) is 11.5 Å². The van der Waals surface area contributed by atoms with Gasteiger partial charge in [-0.25, -0.2) is 0 Å². The van der Waals surface area contributed by atoms with Gasteiger partial charge in [-0.3, -0.25) is 10.1 Å². The largest absolute Gasteiger partial charge is 0.490 e. The van der Waals surface area contributed by atoms with Gasteiger partial charge in [0.2, 0.25) is 0 Å². The highest BCUT2D eigenvalue weighted by Crippen LogP contribution is 2.39. The molecule has 2 aromatic rings. The molecule has 2 N–H and O–H groups in total. The summed E-state index contributed by atoms with van der Waals surface area (Å²) < 4.78 is 11.6. The van der Waals surface area contributed by atoms with Crippen LogP contribution in [-0.4, -0.2) is 29.5 Å². The van der Waals surface area contributed by atoms with Crippen LogP contribution in [0.1, 0.15) is 29.0 Å². The summed E-state index contributed by atoms with van der Waals surface area (Å²) >= 11 is 1.38. The van der Waals surface area contributed by atoms with E-state index in [0.29, 0.717) is 30.2 Å². The minimum absolute atomic E-state index is 0.0985. The summed E-state index contributed by atoms with van der Waals surface area (Å²) in [6.45, 7) is 3.07. The third kappa shape index (κ3) is 4.54. The summed E-state index contributed by atoms with van der Waals surface area (Å²) in [7, 11) is 0. The van der Waals surface area contributed by atoms with Gasteiger partial charge in [0.25, 0.3) is 0 Å². The van der Waals surface area contributed by atoms with Crippen LogP contribution in [0.2, 0.25) is 0 Å². The molecule has 3 rings (SSSR count). The molecule has 140 valence electrons. The van der Waals surface area contributed by atoms with Gasteiger partial charge in [-0.1, -0.05) is 24.3 Å². The molecular formula is C20H20N2O4S. The van der Waals surface area contributed by atoms with E-state index < -0.39 is 11.2 Å². The second kappa shape index (κ2) is 8.80. The first-order chi connectivity index (χ1) is 13.1. The van der Waals surface area contributed by atoms with Gasteiger partial charge in [-0.2, -0.15) is 5.26 Å². The minimum Gasteiger partial charge on any atom is -0.490 e. The molecule has 1 aliphatic rings. The summed E-state index contributed by atoms with van der Waals surface area (Å²) in [6, 6.07) is 15.1. The Hall–Kier alpha value is -2.69. The molecule has 0 bridgehead atoms. The van der Waals surface area contributed by atoms with Gasteiger partial charge < -0.3 is 14.6 Å². The van der Waals surface area contributed by atoms with E-state index in [1.807, 2.05) is 43.3 Å². The Morgan fingerprint density at radius 3 is 2.81 bits per heavy atom. The molecule has 0 radical (unpaired) electrons. The van der Waals surface area contributed by atoms with Gasteiger partial charge in [0.1, 0.15) is 11.9 Å². The van der Waals surface area contributed by atoms with Crippen LogP contribution in [0.25, 0.3) is 0 Å². The maximum absolute atomic E-state index is 11.1. The molecule has 1 fully saturated rings. The fraction of sp³-hybridized carbons (Fsp3) is 0.300. The number of carboxylic acid groups (broad SMARTS) is 1. The molecule has 0 spiro atoms. The predicted octanol–water partition coefficient (Wildman–Crippen LogP) is 3.32. The van der Waals surface area contributed by atoms with E-state index in [1.165, 1.54) is 11.8 Å². The predicted molar refractivity (Wildman–Crippen MR) is 103 cm³/mol. The van der Waals surface area contributed by atoms with Crippen LogP contribution in [0, 0.1) is 11.3 Å². The number of aliphatic carboxylic acids is 1. The lowest BCUT2D eigenvalue weighted by atomic mass is 10.1. The minimum atomic E-state index is -0.809. The molecule has 0 amide bonds. The van der Waals surface area contributed by atoms with Crippen molar-refractivity contribution in [3.63, 3.8) is 0 Å². The Labute approximate surface area is 162 Å². The van der Waals surface area contributed by atoms with E-state index >= 15 is 0 Å². The molecule has 1 heterocycles. The summed E-state index contributed by atoms with van der Waals surface area (Å²) in [5.74, 6) is 0.382. The number of carbonyl (C=O) groups is 1. The van der Waals surface area contributed by atoms with Crippen molar-refractivity contribution in [3.05, 3.63) is 59.2 Å². The molecular weight excluding hydrogens is 364 g/mol. The number of hydrogen-bond donors (Lipinski definition) is 2. The summed E-state index contributed by atoms with van der Waals surface area (Å²) in [6.07, 6.45) is 0. The number of rotatable bonds is 7. The highest BCUT2D eigenvalue weighted by atomic mass is 32.2. The van der Waals surface area contributed by atoms with Gasteiger partial charge in [-0.05, 0) is 30.7 Å². The fourth-order valence-electron chi connectivity index (χ4n) is 2.80. The van der Waals surface area contributed by atoms with Crippen molar-refractivity contribution in [2.24, 2.45) is 0 Å². The number of hydrogen-bond acceptors (Lipinski definition) is 6. The number of nitrogens with one attached hydrogen (secondary N) is 1. The van der Waals surface area contributed by atoms with Crippen molar-refractivity contribution in [3.8, 4) is 17.6 Å². The Balaban J connectivity index is 1.76. The number of nitriles is 1. The Morgan fingerprint density at radius 2 is 2.11 bits per heavy atom. The number of thioether (sulfide) groups is 1. The summed E-state index contributed by atoms with van der Waals surface area (Å²) in [4.78, 5) is 11.1. The molecule has 0 aromatic heterocycles. The maximum atomic E-state index is 11.1. The normalized spacial score (nSPS) is 18.7. The molecule has 2 atom stereocenters. The number of ether oxygens (including phenoxy) is 2. The quantitative estimate of drug-likeness (QED) is 0.756. The zero-order valence-electron chi connectivity index (χ0n) is 14.8. The average Bonchev–Trinajstić information content (AvgIpc) is 3.18. The van der Waals surface area contributed by atoms with E-state index in [-0.39, 0.29) is 12.0 Å². The second-order valence-corrected chi connectivity index (χ2v) is 7.26. The standard InChI is InChI=1S/C20H20N2O4S/c1-2-25-17-9-13(19-22-11-18(27-19)20(23)24)7-8-16(17)26-12-15-6-4-3-5-14(15)10-21/h3-9,18-19,22H,2,11-12H2,1H3,(H,23,24)/t18-,19-/m1/s1. The SMILES string of the molecule is CCOc1cc([C@@H]2NC[C@H](C(=O)O)S2)ccc1OCc1ccccc1C#N. The average molecular weight is 384 g/mol. The lowest BCUT2D eigenvalue weighted by Gasteiger charge is -2.16. The molecule has 1 saturated heterocycles. The molecule has 27 heavy (non-hydrogen) atoms. The maximum Gasteiger partial charge on any atom is 0.318 e. The highest BCUT2D eigenvalue weighted by Gasteiger charge is 2.31. The second-order valence-electron chi connectivity index (χ2n) is 5.95. The first-order valence-corrected chi connectivity index (χ1v) is 9.56. The van der Waals surface area contributed by atoms with Crippen LogP contribution in [0.15, 0.2) is 42.5 Å². The van der Waals surface area contributed by atoms with E-state index in [9.17, 15) is 10.1 Å². The van der Waals surface area contributed by atoms with Crippen LogP contribution in [-0.2, 0) is 11.4 Å². The summed E-state index contributed by atoms with van der Waals surface area (Å²) in [5.41, 5.74) is 2.33. The molecule has 0 aliphatic carbocycles. The number of carboxylic acids is 1. The zero-order chi connectivity index (χ0) is 19.2. The van der Waals surface area contributed by atoms with E-state index in [1.54, 1.807) is 6.07 Å². The van der Waals surface area contributed by atoms with Crippen LogP contribution in [0.4, 0.5) is 0 Å². The van der Waals surface area contributed by atoms with Crippen molar-refractivity contribution < 1.29 is 19.4 Å². The lowest BCUT2D eigenvalue weighted by molar-refractivity contribution is -0.136. The number of benzene rings is 2. The van der Waals surface area contributed by atoms with Gasteiger partial charge in [-0.15, -0.1) is 11.8 Å². The van der Waals surface area contributed by atoms with E-state index in [4.69, 9.17) is 14.6 Å². The molecule has 0 saturated carbocycles. The molecule has 0 unspecified atom stereocenters. The third-order valence-corrected chi connectivity index (χ3v) is 5.56. The first kappa shape index (κ1) is 19.1. The van der Waals surface area contributed by atoms with Crippen molar-refractivity contribution >= 4 is 17.7 Å². The third-order valence-electron chi connectivity index (χ3n) is 4.16. The zero-order valence-corrected chi connectivity index (χ0v) is 15.7. The van der Waals surface area contributed by atoms with Crippen LogP contribution >= 0.6 is 11.8 Å². The van der Waals surface area contributed by atoms with Crippen LogP contribution < -0.4 is 14.8 Å². The van der Waals surface area contributed by atoms with Crippen LogP contribution in [0.5, 0.6) is 11.5 Å². The topological polar surface area (TPSA) is 91.6 Å². The smallest absolute Gasteiger partial charge is 0.318 e. The molecule has 6 nitrogen and oxygen atoms in total. The van der Waals surface area contributed by atoms with Gasteiger partial charge in [0, 0.05) is 12.1 Å². The Kier molecular flexibility index (Phi) is 6.22. The Bertz CT molecular complexity index is 865. The van der Waals surface area contributed by atoms with Crippen molar-refractivity contribution in [2.75, 3.05) is 13.2 Å². The molecule has 1 aliphatic heterocycles. The highest BCUT2D eigenvalue weighted by molar-refractivity contribution is 8.01. The first-order valence-electron chi connectivity index (χ1n) is 8.61. The van der Waals surface area contributed by atoms with E-state index in [0.717, 1.165) is 11.1 Å². The van der Waals surface area contributed by atoms with Crippen LogP contribution in [0.3, 0.4) is 0 Å². The molecule has 7 heteroatoms. The number of nitrogens with zero attached hydrogens (tertiary/aromatic N) is 1. The van der Waals surface area contributed by atoms with Gasteiger partial charge >= 0.3 is 5.97 Å². The lowest BCUT2D eigenvalue weighted by Crippen LogP contribution is -2.21. The summed E-state index contributed by atoms with van der Waals surface area (Å²) in [5, 5.41) is 21.0.